The highest BCUT2D eigenvalue weighted by atomic mass is 79.9. The number of amides is 1. The molecule has 0 fully saturated rings. The molecule has 1 amide bonds. The Labute approximate surface area is 132 Å². The summed E-state index contributed by atoms with van der Waals surface area (Å²) in [7, 11) is 0. The van der Waals surface area contributed by atoms with Crippen molar-refractivity contribution in [1.82, 2.24) is 4.98 Å². The highest BCUT2D eigenvalue weighted by Gasteiger charge is 2.18. The van der Waals surface area contributed by atoms with Crippen molar-refractivity contribution in [3.05, 3.63) is 48.9 Å². The van der Waals surface area contributed by atoms with Crippen LogP contribution in [0, 0.1) is 10.1 Å². The third-order valence-corrected chi connectivity index (χ3v) is 3.95. The molecule has 9 heteroatoms. The van der Waals surface area contributed by atoms with Crippen LogP contribution in [-0.2, 0) is 6.42 Å². The summed E-state index contributed by atoms with van der Waals surface area (Å²) in [6.07, 6.45) is 0.594. The summed E-state index contributed by atoms with van der Waals surface area (Å²) in [5, 5.41) is 15.8. The molecule has 0 aliphatic rings. The van der Waals surface area contributed by atoms with E-state index in [-0.39, 0.29) is 17.1 Å². The van der Waals surface area contributed by atoms with E-state index in [4.69, 9.17) is 5.73 Å². The molecule has 0 saturated heterocycles. The number of carbonyl (C=O) groups is 1. The Morgan fingerprint density at radius 2 is 2.29 bits per heavy atom. The van der Waals surface area contributed by atoms with Crippen molar-refractivity contribution in [2.45, 2.75) is 6.42 Å². The Balaban J connectivity index is 2.20. The molecule has 0 spiro atoms. The Bertz CT molecular complexity index is 689. The monoisotopic (exact) mass is 370 g/mol. The number of carbonyl (C=O) groups excluding carboxylic acids is 1. The summed E-state index contributed by atoms with van der Waals surface area (Å²) in [5.74, 6) is -0.486. The van der Waals surface area contributed by atoms with Gasteiger partial charge in [0.1, 0.15) is 11.4 Å². The van der Waals surface area contributed by atoms with E-state index in [1.54, 1.807) is 11.4 Å². The second kappa shape index (κ2) is 6.74. The summed E-state index contributed by atoms with van der Waals surface area (Å²) >= 11 is 4.49. The van der Waals surface area contributed by atoms with Gasteiger partial charge >= 0.3 is 0 Å². The first-order valence-electron chi connectivity index (χ1n) is 5.91. The number of halogens is 1. The fourth-order valence-corrected chi connectivity index (χ4v) is 2.74. The minimum atomic E-state index is -0.554. The first-order chi connectivity index (χ1) is 10.0. The molecule has 21 heavy (non-hydrogen) atoms. The second-order valence-corrected chi connectivity index (χ2v) is 5.90. The molecular formula is C12H11BrN4O3S. The molecule has 1 heterocycles. The number of nitro benzene ring substituents is 1. The Morgan fingerprint density at radius 3 is 2.95 bits per heavy atom. The van der Waals surface area contributed by atoms with Gasteiger partial charge in [0.05, 0.1) is 9.93 Å². The molecule has 2 aromatic rings. The predicted molar refractivity (Wildman–Crippen MR) is 83.6 cm³/mol. The number of benzene rings is 1. The van der Waals surface area contributed by atoms with E-state index in [0.29, 0.717) is 17.4 Å². The van der Waals surface area contributed by atoms with Crippen LogP contribution in [0.15, 0.2) is 28.1 Å². The van der Waals surface area contributed by atoms with Gasteiger partial charge in [-0.1, -0.05) is 15.9 Å². The van der Waals surface area contributed by atoms with Crippen molar-refractivity contribution >= 4 is 44.5 Å². The van der Waals surface area contributed by atoms with E-state index >= 15 is 0 Å². The third-order valence-electron chi connectivity index (χ3n) is 2.55. The van der Waals surface area contributed by atoms with Gasteiger partial charge in [-0.3, -0.25) is 14.9 Å². The molecule has 1 aromatic carbocycles. The summed E-state index contributed by atoms with van der Waals surface area (Å²) in [4.78, 5) is 26.6. The van der Waals surface area contributed by atoms with Crippen LogP contribution >= 0.6 is 27.3 Å². The summed E-state index contributed by atoms with van der Waals surface area (Å²) < 4.78 is 0.561. The smallest absolute Gasteiger partial charge is 0.293 e. The lowest BCUT2D eigenvalue weighted by Crippen LogP contribution is -2.14. The number of rotatable bonds is 5. The molecule has 0 atom stereocenters. The van der Waals surface area contributed by atoms with Crippen molar-refractivity contribution in [1.29, 1.82) is 0 Å². The van der Waals surface area contributed by atoms with Crippen LogP contribution < -0.4 is 11.1 Å². The lowest BCUT2D eigenvalue weighted by Gasteiger charge is -2.04. The molecule has 110 valence electrons. The van der Waals surface area contributed by atoms with Gasteiger partial charge in [-0.05, 0) is 18.7 Å². The molecule has 0 aliphatic carbocycles. The molecule has 0 radical (unpaired) electrons. The Kier molecular flexibility index (Phi) is 4.99. The van der Waals surface area contributed by atoms with Crippen LogP contribution in [0.3, 0.4) is 0 Å². The number of hydrogen-bond donors (Lipinski definition) is 2. The summed E-state index contributed by atoms with van der Waals surface area (Å²) in [5.41, 5.74) is 5.59. The first kappa shape index (κ1) is 15.5. The largest absolute Gasteiger partial charge is 0.330 e. The van der Waals surface area contributed by atoms with Gasteiger partial charge in [0.15, 0.2) is 0 Å². The standard InChI is InChI=1S/C12H11BrN4O3S/c13-7-1-2-8(10(5-7)17(19)20)16-12(18)9-6-21-11(15-9)3-4-14/h1-2,5-6H,3-4,14H2,(H,16,18). The van der Waals surface area contributed by atoms with E-state index < -0.39 is 10.8 Å². The molecule has 0 saturated carbocycles. The minimum Gasteiger partial charge on any atom is -0.330 e. The van der Waals surface area contributed by atoms with Crippen LogP contribution in [0.4, 0.5) is 11.4 Å². The number of hydrogen-bond acceptors (Lipinski definition) is 6. The molecule has 0 bridgehead atoms. The highest BCUT2D eigenvalue weighted by molar-refractivity contribution is 9.10. The topological polar surface area (TPSA) is 111 Å². The molecular weight excluding hydrogens is 360 g/mol. The van der Waals surface area contributed by atoms with Gasteiger partial charge in [0, 0.05) is 22.3 Å². The lowest BCUT2D eigenvalue weighted by atomic mass is 10.2. The normalized spacial score (nSPS) is 10.4. The number of thiazole rings is 1. The number of nitro groups is 1. The fraction of sp³-hybridized carbons (Fsp3) is 0.167. The van der Waals surface area contributed by atoms with Gasteiger partial charge < -0.3 is 11.1 Å². The number of aromatic nitrogens is 1. The maximum Gasteiger partial charge on any atom is 0.293 e. The van der Waals surface area contributed by atoms with Gasteiger partial charge in [-0.25, -0.2) is 4.98 Å². The lowest BCUT2D eigenvalue weighted by molar-refractivity contribution is -0.384. The number of nitrogens with zero attached hydrogens (tertiary/aromatic N) is 2. The minimum absolute atomic E-state index is 0.126. The maximum absolute atomic E-state index is 12.1. The SMILES string of the molecule is NCCc1nc(C(=O)Nc2ccc(Br)cc2[N+](=O)[O-])cs1. The van der Waals surface area contributed by atoms with Crippen molar-refractivity contribution in [3.63, 3.8) is 0 Å². The van der Waals surface area contributed by atoms with Crippen LogP contribution in [0.25, 0.3) is 0 Å². The summed E-state index contributed by atoms with van der Waals surface area (Å²) in [6.45, 7) is 0.451. The zero-order valence-electron chi connectivity index (χ0n) is 10.7. The Morgan fingerprint density at radius 1 is 1.52 bits per heavy atom. The van der Waals surface area contributed by atoms with Gasteiger partial charge in [0.2, 0.25) is 0 Å². The van der Waals surface area contributed by atoms with Gasteiger partial charge in [-0.2, -0.15) is 0 Å². The van der Waals surface area contributed by atoms with E-state index in [9.17, 15) is 14.9 Å². The summed E-state index contributed by atoms with van der Waals surface area (Å²) in [6, 6.07) is 4.41. The zero-order valence-corrected chi connectivity index (χ0v) is 13.1. The van der Waals surface area contributed by atoms with Crippen LogP contribution in [-0.4, -0.2) is 22.4 Å². The highest BCUT2D eigenvalue weighted by Crippen LogP contribution is 2.28. The van der Waals surface area contributed by atoms with Crippen LogP contribution in [0.2, 0.25) is 0 Å². The number of nitrogens with two attached hydrogens (primary N) is 1. The fourth-order valence-electron chi connectivity index (χ4n) is 1.60. The van der Waals surface area contributed by atoms with Crippen molar-refractivity contribution in [2.75, 3.05) is 11.9 Å². The van der Waals surface area contributed by atoms with Crippen LogP contribution in [0.1, 0.15) is 15.5 Å². The average molecular weight is 371 g/mol. The van der Waals surface area contributed by atoms with Gasteiger partial charge in [0.25, 0.3) is 11.6 Å². The molecule has 0 aliphatic heterocycles. The maximum atomic E-state index is 12.1. The zero-order chi connectivity index (χ0) is 15.4. The first-order valence-corrected chi connectivity index (χ1v) is 7.58. The quantitative estimate of drug-likeness (QED) is 0.620. The average Bonchev–Trinajstić information content (AvgIpc) is 2.89. The molecule has 1 aromatic heterocycles. The van der Waals surface area contributed by atoms with E-state index in [1.807, 2.05) is 0 Å². The second-order valence-electron chi connectivity index (χ2n) is 4.04. The third kappa shape index (κ3) is 3.84. The van der Waals surface area contributed by atoms with Crippen LogP contribution in [0.5, 0.6) is 0 Å². The van der Waals surface area contributed by atoms with Crippen molar-refractivity contribution in [2.24, 2.45) is 5.73 Å². The molecule has 7 nitrogen and oxygen atoms in total. The van der Waals surface area contributed by atoms with E-state index in [2.05, 4.69) is 26.2 Å². The molecule has 2 rings (SSSR count). The molecule has 3 N–H and O–H groups in total. The van der Waals surface area contributed by atoms with Crippen molar-refractivity contribution in [3.8, 4) is 0 Å². The Hall–Kier alpha value is -1.84. The van der Waals surface area contributed by atoms with E-state index in [0.717, 1.165) is 5.01 Å². The predicted octanol–water partition coefficient (Wildman–Crippen LogP) is 2.57. The van der Waals surface area contributed by atoms with Gasteiger partial charge in [-0.15, -0.1) is 11.3 Å². The number of nitrogens with one attached hydrogen (secondary N) is 1. The molecule has 0 unspecified atom stereocenters. The number of anilines is 1. The van der Waals surface area contributed by atoms with Crippen molar-refractivity contribution < 1.29 is 9.72 Å². The van der Waals surface area contributed by atoms with E-state index in [1.165, 1.54) is 23.5 Å².